The summed E-state index contributed by atoms with van der Waals surface area (Å²) >= 11 is 6.12. The predicted octanol–water partition coefficient (Wildman–Crippen LogP) is 2.57. The zero-order valence-electron chi connectivity index (χ0n) is 10.1. The maximum absolute atomic E-state index is 6.12. The molecular formula is C13H19ClN2O. The molecular weight excluding hydrogens is 236 g/mol. The van der Waals surface area contributed by atoms with Crippen LogP contribution >= 0.6 is 11.6 Å². The lowest BCUT2D eigenvalue weighted by Gasteiger charge is -2.38. The van der Waals surface area contributed by atoms with E-state index >= 15 is 0 Å². The Morgan fingerprint density at radius 3 is 2.71 bits per heavy atom. The van der Waals surface area contributed by atoms with E-state index in [-0.39, 0.29) is 5.54 Å². The van der Waals surface area contributed by atoms with Crippen molar-refractivity contribution in [1.82, 2.24) is 0 Å². The molecule has 1 aromatic rings. The van der Waals surface area contributed by atoms with Crippen LogP contribution in [0.25, 0.3) is 0 Å². The zero-order chi connectivity index (χ0) is 12.3. The van der Waals surface area contributed by atoms with Crippen molar-refractivity contribution < 1.29 is 4.74 Å². The number of nitrogens with one attached hydrogen (secondary N) is 1. The first-order valence-corrected chi connectivity index (χ1v) is 6.35. The average molecular weight is 255 g/mol. The minimum atomic E-state index is -0.0448. The second-order valence-corrected chi connectivity index (χ2v) is 5.09. The first kappa shape index (κ1) is 12.7. The lowest BCUT2D eigenvalue weighted by molar-refractivity contribution is 0.0628. The summed E-state index contributed by atoms with van der Waals surface area (Å²) in [5.41, 5.74) is 7.98. The van der Waals surface area contributed by atoms with E-state index in [0.29, 0.717) is 6.54 Å². The number of benzene rings is 1. The lowest BCUT2D eigenvalue weighted by atomic mass is 9.90. The Morgan fingerprint density at radius 2 is 2.12 bits per heavy atom. The van der Waals surface area contributed by atoms with Crippen LogP contribution in [-0.4, -0.2) is 25.3 Å². The van der Waals surface area contributed by atoms with E-state index in [0.717, 1.165) is 42.3 Å². The Labute approximate surface area is 107 Å². The van der Waals surface area contributed by atoms with Crippen LogP contribution in [0.15, 0.2) is 18.2 Å². The van der Waals surface area contributed by atoms with E-state index in [4.69, 9.17) is 22.1 Å². The highest BCUT2D eigenvalue weighted by atomic mass is 35.5. The Morgan fingerprint density at radius 1 is 1.41 bits per heavy atom. The SMILES string of the molecule is Cc1ccc(NC2(CN)CCOCC2)cc1Cl. The van der Waals surface area contributed by atoms with Crippen molar-refractivity contribution in [3.63, 3.8) is 0 Å². The molecule has 94 valence electrons. The van der Waals surface area contributed by atoms with Crippen LogP contribution in [0.3, 0.4) is 0 Å². The summed E-state index contributed by atoms with van der Waals surface area (Å²) in [6.45, 7) is 4.15. The van der Waals surface area contributed by atoms with Gasteiger partial charge in [-0.15, -0.1) is 0 Å². The molecule has 1 aliphatic rings. The summed E-state index contributed by atoms with van der Waals surface area (Å²) in [7, 11) is 0. The molecule has 0 bridgehead atoms. The van der Waals surface area contributed by atoms with Crippen LogP contribution in [0.2, 0.25) is 5.02 Å². The molecule has 1 heterocycles. The van der Waals surface area contributed by atoms with Gasteiger partial charge < -0.3 is 15.8 Å². The van der Waals surface area contributed by atoms with Crippen LogP contribution in [-0.2, 0) is 4.74 Å². The fourth-order valence-corrected chi connectivity index (χ4v) is 2.30. The second-order valence-electron chi connectivity index (χ2n) is 4.69. The molecule has 1 fully saturated rings. The van der Waals surface area contributed by atoms with E-state index in [1.807, 2.05) is 25.1 Å². The van der Waals surface area contributed by atoms with Crippen LogP contribution in [0, 0.1) is 6.92 Å². The first-order valence-electron chi connectivity index (χ1n) is 5.97. The van der Waals surface area contributed by atoms with Gasteiger partial charge in [0.1, 0.15) is 0 Å². The average Bonchev–Trinajstić information content (AvgIpc) is 2.35. The van der Waals surface area contributed by atoms with E-state index in [1.54, 1.807) is 0 Å². The van der Waals surface area contributed by atoms with Crippen molar-refractivity contribution in [3.05, 3.63) is 28.8 Å². The smallest absolute Gasteiger partial charge is 0.0539 e. The normalized spacial score (nSPS) is 19.0. The Balaban J connectivity index is 2.14. The topological polar surface area (TPSA) is 47.3 Å². The fourth-order valence-electron chi connectivity index (χ4n) is 2.12. The van der Waals surface area contributed by atoms with Crippen molar-refractivity contribution >= 4 is 17.3 Å². The maximum Gasteiger partial charge on any atom is 0.0539 e. The van der Waals surface area contributed by atoms with Gasteiger partial charge in [-0.1, -0.05) is 17.7 Å². The highest BCUT2D eigenvalue weighted by Gasteiger charge is 2.30. The molecule has 0 aromatic heterocycles. The van der Waals surface area contributed by atoms with Crippen molar-refractivity contribution in [1.29, 1.82) is 0 Å². The Kier molecular flexibility index (Phi) is 3.92. The Bertz CT molecular complexity index is 389. The van der Waals surface area contributed by atoms with Gasteiger partial charge in [0, 0.05) is 30.5 Å². The maximum atomic E-state index is 6.12. The standard InChI is InChI=1S/C13H19ClN2O/c1-10-2-3-11(8-12(10)14)16-13(9-15)4-6-17-7-5-13/h2-3,8,16H,4-7,9,15H2,1H3. The molecule has 17 heavy (non-hydrogen) atoms. The van der Waals surface area contributed by atoms with E-state index in [1.165, 1.54) is 0 Å². The molecule has 0 amide bonds. The van der Waals surface area contributed by atoms with Gasteiger partial charge in [-0.05, 0) is 37.5 Å². The minimum absolute atomic E-state index is 0.0448. The summed E-state index contributed by atoms with van der Waals surface area (Å²) in [6.07, 6.45) is 1.88. The molecule has 0 aliphatic carbocycles. The van der Waals surface area contributed by atoms with Gasteiger partial charge in [-0.3, -0.25) is 0 Å². The molecule has 3 nitrogen and oxygen atoms in total. The number of rotatable bonds is 3. The quantitative estimate of drug-likeness (QED) is 0.872. The van der Waals surface area contributed by atoms with E-state index in [2.05, 4.69) is 5.32 Å². The molecule has 1 saturated heterocycles. The third-order valence-corrected chi connectivity index (χ3v) is 3.83. The van der Waals surface area contributed by atoms with Crippen LogP contribution < -0.4 is 11.1 Å². The monoisotopic (exact) mass is 254 g/mol. The van der Waals surface area contributed by atoms with Crippen molar-refractivity contribution in [3.8, 4) is 0 Å². The number of hydrogen-bond acceptors (Lipinski definition) is 3. The van der Waals surface area contributed by atoms with Gasteiger partial charge in [0.25, 0.3) is 0 Å². The first-order chi connectivity index (χ1) is 8.15. The fraction of sp³-hybridized carbons (Fsp3) is 0.538. The van der Waals surface area contributed by atoms with Crippen LogP contribution in [0.4, 0.5) is 5.69 Å². The summed E-state index contributed by atoms with van der Waals surface area (Å²) in [4.78, 5) is 0. The van der Waals surface area contributed by atoms with Gasteiger partial charge in [-0.25, -0.2) is 0 Å². The largest absolute Gasteiger partial charge is 0.381 e. The minimum Gasteiger partial charge on any atom is -0.381 e. The summed E-state index contributed by atoms with van der Waals surface area (Å²) < 4.78 is 5.39. The molecule has 2 rings (SSSR count). The van der Waals surface area contributed by atoms with Crippen molar-refractivity contribution in [2.24, 2.45) is 5.73 Å². The summed E-state index contributed by atoms with van der Waals surface area (Å²) in [5, 5.41) is 4.31. The number of ether oxygens (including phenoxy) is 1. The van der Waals surface area contributed by atoms with E-state index in [9.17, 15) is 0 Å². The van der Waals surface area contributed by atoms with Gasteiger partial charge in [0.15, 0.2) is 0 Å². The number of nitrogens with two attached hydrogens (primary N) is 1. The highest BCUT2D eigenvalue weighted by Crippen LogP contribution is 2.27. The summed E-state index contributed by atoms with van der Waals surface area (Å²) in [6, 6.07) is 6.03. The summed E-state index contributed by atoms with van der Waals surface area (Å²) in [5.74, 6) is 0. The number of aryl methyl sites for hydroxylation is 1. The van der Waals surface area contributed by atoms with Crippen LogP contribution in [0.1, 0.15) is 18.4 Å². The highest BCUT2D eigenvalue weighted by molar-refractivity contribution is 6.31. The third-order valence-electron chi connectivity index (χ3n) is 3.42. The number of hydrogen-bond donors (Lipinski definition) is 2. The molecule has 0 unspecified atom stereocenters. The molecule has 0 saturated carbocycles. The zero-order valence-corrected chi connectivity index (χ0v) is 10.9. The molecule has 1 aliphatic heterocycles. The molecule has 4 heteroatoms. The molecule has 0 spiro atoms. The second kappa shape index (κ2) is 5.25. The van der Waals surface area contributed by atoms with Crippen LogP contribution in [0.5, 0.6) is 0 Å². The molecule has 0 atom stereocenters. The van der Waals surface area contributed by atoms with Gasteiger partial charge in [0.2, 0.25) is 0 Å². The molecule has 1 aromatic carbocycles. The lowest BCUT2D eigenvalue weighted by Crippen LogP contribution is -2.49. The number of anilines is 1. The van der Waals surface area contributed by atoms with E-state index < -0.39 is 0 Å². The Hall–Kier alpha value is -0.770. The molecule has 3 N–H and O–H groups in total. The van der Waals surface area contributed by atoms with Gasteiger partial charge in [0.05, 0.1) is 5.54 Å². The van der Waals surface area contributed by atoms with Gasteiger partial charge >= 0.3 is 0 Å². The van der Waals surface area contributed by atoms with Crippen molar-refractivity contribution in [2.45, 2.75) is 25.3 Å². The van der Waals surface area contributed by atoms with Crippen molar-refractivity contribution in [2.75, 3.05) is 25.1 Å². The van der Waals surface area contributed by atoms with Gasteiger partial charge in [-0.2, -0.15) is 0 Å². The third kappa shape index (κ3) is 2.92. The predicted molar refractivity (Wildman–Crippen MR) is 71.7 cm³/mol. The number of halogens is 1. The molecule has 0 radical (unpaired) electrons.